The molecule has 2 aliphatic heterocycles. The number of anilines is 2. The molecular weight excluding hydrogens is 769 g/mol. The molecule has 52 heavy (non-hydrogen) atoms. The Kier molecular flexibility index (Phi) is 10.1. The molecule has 0 radical (unpaired) electrons. The minimum atomic E-state index is -5.95. The van der Waals surface area contributed by atoms with Gasteiger partial charge in [-0.05, 0) is 0 Å². The number of H-pyrrole nitrogens is 2. The first-order chi connectivity index (χ1) is 24.2. The van der Waals surface area contributed by atoms with E-state index in [1.807, 2.05) is 0 Å². The first-order valence-corrected chi connectivity index (χ1v) is 19.2. The number of rotatable bonds is 12. The summed E-state index contributed by atoms with van der Waals surface area (Å²) in [6.45, 7) is -0.444. The summed E-state index contributed by atoms with van der Waals surface area (Å²) < 4.78 is 70.1. The number of nitrogens with zero attached hydrogens (tertiary/aromatic N) is 6. The second kappa shape index (κ2) is 13.7. The lowest BCUT2D eigenvalue weighted by Gasteiger charge is -2.21. The Morgan fingerprint density at radius 3 is 2.10 bits per heavy atom. The van der Waals surface area contributed by atoms with Gasteiger partial charge < -0.3 is 50.9 Å². The molecule has 0 spiro atoms. The van der Waals surface area contributed by atoms with Crippen molar-refractivity contribution in [3.63, 3.8) is 0 Å². The molecule has 0 bridgehead atoms. The summed E-state index contributed by atoms with van der Waals surface area (Å²) in [5.74, 6) is -1.24. The van der Waals surface area contributed by atoms with Gasteiger partial charge in [0.15, 0.2) is 29.9 Å². The van der Waals surface area contributed by atoms with E-state index in [0.29, 0.717) is 0 Å². The summed E-state index contributed by atoms with van der Waals surface area (Å²) in [6.07, 6.45) is -7.88. The second-order valence-electron chi connectivity index (χ2n) is 11.7. The van der Waals surface area contributed by atoms with Crippen LogP contribution in [0, 0.1) is 5.92 Å². The first kappa shape index (κ1) is 38.2. The third kappa shape index (κ3) is 7.48. The van der Waals surface area contributed by atoms with Gasteiger partial charge in [-0.25, -0.2) is 23.2 Å². The fourth-order valence-electron chi connectivity index (χ4n) is 5.69. The molecule has 0 amide bonds. The fraction of sp³-hybridized carbons (Fsp3) is 0.545. The van der Waals surface area contributed by atoms with E-state index in [4.69, 9.17) is 25.5 Å². The summed E-state index contributed by atoms with van der Waals surface area (Å²) >= 11 is 0. The molecule has 6 heterocycles. The lowest BCUT2D eigenvalue weighted by molar-refractivity contribution is -0.745. The van der Waals surface area contributed by atoms with Crippen molar-refractivity contribution in [3.05, 3.63) is 33.4 Å². The lowest BCUT2D eigenvalue weighted by atomic mass is 10.0. The number of aliphatic hydroxyl groups excluding tert-OH is 3. The predicted octanol–water partition coefficient (Wildman–Crippen LogP) is -3.27. The van der Waals surface area contributed by atoms with Crippen LogP contribution in [-0.4, -0.2) is 108 Å². The van der Waals surface area contributed by atoms with Crippen LogP contribution in [0.5, 0.6) is 0 Å². The first-order valence-electron chi connectivity index (χ1n) is 14.7. The number of nitrogens with one attached hydrogen (secondary N) is 2. The summed E-state index contributed by atoms with van der Waals surface area (Å²) in [7, 11) is -15.7. The van der Waals surface area contributed by atoms with Crippen molar-refractivity contribution in [2.45, 2.75) is 49.9 Å². The van der Waals surface area contributed by atoms with E-state index in [2.05, 4.69) is 38.1 Å². The molecule has 6 rings (SSSR count). The number of aliphatic hydroxyl groups is 3. The average Bonchev–Trinajstić information content (AvgIpc) is 3.74. The molecule has 0 saturated carbocycles. The largest absolute Gasteiger partial charge is 0.490 e. The molecule has 0 aromatic carbocycles. The van der Waals surface area contributed by atoms with Gasteiger partial charge in [0.2, 0.25) is 11.5 Å². The second-order valence-corrected chi connectivity index (χ2v) is 16.3. The lowest BCUT2D eigenvalue weighted by Crippen LogP contribution is -2.42. The topological polar surface area (TPSA) is 398 Å². The molecule has 30 heteroatoms. The Labute approximate surface area is 288 Å². The zero-order chi connectivity index (χ0) is 38.1. The minimum Gasteiger partial charge on any atom is -0.390 e. The number of aryl methyl sites for hydroxylation is 1. The predicted molar refractivity (Wildman–Crippen MR) is 167 cm³/mol. The van der Waals surface area contributed by atoms with Crippen LogP contribution < -0.4 is 27.2 Å². The van der Waals surface area contributed by atoms with E-state index in [1.54, 1.807) is 14.0 Å². The monoisotopic (exact) mass is 801 g/mol. The maximum atomic E-state index is 12.6. The zero-order valence-corrected chi connectivity index (χ0v) is 29.2. The molecule has 12 N–H and O–H groups in total. The minimum absolute atomic E-state index is 0.0945. The normalized spacial score (nSPS) is 30.1. The zero-order valence-electron chi connectivity index (χ0n) is 26.5. The Morgan fingerprint density at radius 2 is 1.46 bits per heavy atom. The van der Waals surface area contributed by atoms with Crippen LogP contribution in [0.2, 0.25) is 0 Å². The van der Waals surface area contributed by atoms with Gasteiger partial charge in [0.1, 0.15) is 24.4 Å². The Balaban J connectivity index is 1.05. The highest BCUT2D eigenvalue weighted by molar-refractivity contribution is 7.66. The SMILES string of the molecule is C[C@@H]1[C@H](O)[C@@H](COP(=O)(O)OP(=O)(O)OP(=O)(O)OC[C@H]2O[C@@H](n3cnc4c(=O)[nH]c(N)nc43)[C@H](O)[C@@H]2O)O[C@H]1[n+]1cn(C)c2c(=O)[nH]c(N)nc21. The van der Waals surface area contributed by atoms with Gasteiger partial charge in [-0.3, -0.25) is 37.7 Å². The molecular formula is C22H32N10O17P3+. The molecule has 2 saturated heterocycles. The molecule has 3 unspecified atom stereocenters. The van der Waals surface area contributed by atoms with Crippen LogP contribution in [0.15, 0.2) is 22.2 Å². The number of aromatic amines is 2. The van der Waals surface area contributed by atoms with Crippen molar-refractivity contribution in [1.29, 1.82) is 0 Å². The van der Waals surface area contributed by atoms with Gasteiger partial charge in [-0.15, -0.1) is 0 Å². The van der Waals surface area contributed by atoms with Crippen molar-refractivity contribution in [3.8, 4) is 0 Å². The maximum Gasteiger partial charge on any atom is 0.490 e. The van der Waals surface area contributed by atoms with Crippen LogP contribution in [0.4, 0.5) is 11.9 Å². The molecule has 2 fully saturated rings. The van der Waals surface area contributed by atoms with E-state index in [1.165, 1.54) is 15.5 Å². The number of ether oxygens (including phenoxy) is 2. The highest BCUT2D eigenvalue weighted by atomic mass is 31.3. The summed E-state index contributed by atoms with van der Waals surface area (Å²) in [5.41, 5.74) is 9.83. The van der Waals surface area contributed by atoms with Gasteiger partial charge in [0.25, 0.3) is 17.1 Å². The molecule has 27 nitrogen and oxygen atoms in total. The highest BCUT2D eigenvalue weighted by Crippen LogP contribution is 2.67. The molecule has 286 valence electrons. The standard InChI is InChI=1S/C22H31N10O17P3/c1-7-12(33)8(46-19(7)32-6-30(2)11-16(32)27-22(24)29-18(11)37)3-44-50(38,39)48-52(42,43)49-51(40,41)45-4-9-13(34)14(35)20(47-9)31-5-25-10-15(31)26-21(23)28-17(10)36/h5-9,12-14,19-20,33-35H,3-4H2,1-2H3,(H8-,23,24,26,27,28,29,36,37,38,39,40,41,42,43)/p+1/t7-,8-,9-,12+,13-,14-,19-,20-/m1/s1. The quantitative estimate of drug-likeness (QED) is 0.0496. The fourth-order valence-corrected chi connectivity index (χ4v) is 9.21. The van der Waals surface area contributed by atoms with Gasteiger partial charge in [0, 0.05) is 5.92 Å². The number of fused-ring (bicyclic) bond motifs is 2. The van der Waals surface area contributed by atoms with E-state index in [9.17, 15) is 53.3 Å². The molecule has 4 aromatic rings. The van der Waals surface area contributed by atoms with Crippen molar-refractivity contribution in [2.24, 2.45) is 13.0 Å². The van der Waals surface area contributed by atoms with Crippen molar-refractivity contribution < 1.29 is 75.4 Å². The van der Waals surface area contributed by atoms with Crippen LogP contribution in [0.1, 0.15) is 19.4 Å². The van der Waals surface area contributed by atoms with Gasteiger partial charge >= 0.3 is 29.1 Å². The Hall–Kier alpha value is -3.49. The van der Waals surface area contributed by atoms with Gasteiger partial charge in [-0.1, -0.05) is 11.9 Å². The Bertz CT molecular complexity index is 2280. The average molecular weight is 801 g/mol. The number of hydrogen-bond acceptors (Lipinski definition) is 19. The number of nitrogen functional groups attached to an aromatic ring is 2. The number of aromatic nitrogens is 8. The van der Waals surface area contributed by atoms with E-state index < -0.39 is 96.7 Å². The number of phosphoric acid groups is 3. The van der Waals surface area contributed by atoms with Crippen molar-refractivity contribution in [2.75, 3.05) is 24.7 Å². The van der Waals surface area contributed by atoms with Crippen LogP contribution in [-0.2, 0) is 47.9 Å². The third-order valence-corrected chi connectivity index (χ3v) is 12.3. The molecule has 4 aromatic heterocycles. The smallest absolute Gasteiger partial charge is 0.390 e. The van der Waals surface area contributed by atoms with E-state index in [-0.39, 0.29) is 34.2 Å². The van der Waals surface area contributed by atoms with E-state index >= 15 is 0 Å². The van der Waals surface area contributed by atoms with Crippen molar-refractivity contribution >= 4 is 57.7 Å². The van der Waals surface area contributed by atoms with Gasteiger partial charge in [0.05, 0.1) is 32.7 Å². The van der Waals surface area contributed by atoms with E-state index in [0.717, 1.165) is 10.9 Å². The van der Waals surface area contributed by atoms with Crippen LogP contribution >= 0.6 is 23.5 Å². The van der Waals surface area contributed by atoms with Crippen LogP contribution in [0.25, 0.3) is 22.3 Å². The van der Waals surface area contributed by atoms with Crippen LogP contribution in [0.3, 0.4) is 0 Å². The number of nitrogens with two attached hydrogens (primary N) is 2. The number of phosphoric ester groups is 2. The highest BCUT2D eigenvalue weighted by Gasteiger charge is 2.49. The summed E-state index contributed by atoms with van der Waals surface area (Å²) in [4.78, 5) is 71.0. The maximum absolute atomic E-state index is 12.6. The molecule has 11 atom stereocenters. The van der Waals surface area contributed by atoms with Crippen molar-refractivity contribution in [1.82, 2.24) is 34.1 Å². The molecule has 0 aliphatic carbocycles. The summed E-state index contributed by atoms with van der Waals surface area (Å²) in [5, 5.41) is 31.7. The number of hydrogen-bond donors (Lipinski definition) is 10. The Morgan fingerprint density at radius 1 is 0.885 bits per heavy atom. The van der Waals surface area contributed by atoms with Gasteiger partial charge in [-0.2, -0.15) is 13.6 Å². The molecule has 2 aliphatic rings. The summed E-state index contributed by atoms with van der Waals surface area (Å²) in [6, 6.07) is 0. The third-order valence-electron chi connectivity index (χ3n) is 8.03. The number of imidazole rings is 2.